The van der Waals surface area contributed by atoms with Gasteiger partial charge in [0, 0.05) is 12.1 Å². The number of ether oxygens (including phenoxy) is 1. The molecule has 1 aromatic carbocycles. The van der Waals surface area contributed by atoms with Gasteiger partial charge in [0.1, 0.15) is 5.82 Å². The zero-order chi connectivity index (χ0) is 15.9. The van der Waals surface area contributed by atoms with E-state index >= 15 is 0 Å². The third-order valence-corrected chi connectivity index (χ3v) is 3.46. The highest BCUT2D eigenvalue weighted by Crippen LogP contribution is 2.18. The van der Waals surface area contributed by atoms with Gasteiger partial charge in [-0.3, -0.25) is 4.57 Å². The van der Waals surface area contributed by atoms with E-state index in [9.17, 15) is 9.90 Å². The van der Waals surface area contributed by atoms with Gasteiger partial charge < -0.3 is 9.84 Å². The summed E-state index contributed by atoms with van der Waals surface area (Å²) in [7, 11) is 0. The van der Waals surface area contributed by atoms with Crippen molar-refractivity contribution in [2.24, 2.45) is 0 Å². The number of carbonyl (C=O) groups is 1. The second-order valence-corrected chi connectivity index (χ2v) is 5.03. The van der Waals surface area contributed by atoms with Crippen LogP contribution in [0.5, 0.6) is 0 Å². The highest BCUT2D eigenvalue weighted by molar-refractivity contribution is 5.89. The molecule has 5 heteroatoms. The van der Waals surface area contributed by atoms with E-state index in [0.717, 1.165) is 36.5 Å². The smallest absolute Gasteiger partial charge is 0.338 e. The topological polar surface area (TPSA) is 64.4 Å². The van der Waals surface area contributed by atoms with E-state index in [1.54, 1.807) is 25.3 Å². The molecule has 0 fully saturated rings. The Bertz CT molecular complexity index is 617. The van der Waals surface area contributed by atoms with Gasteiger partial charge in [-0.05, 0) is 37.6 Å². The summed E-state index contributed by atoms with van der Waals surface area (Å²) < 4.78 is 6.93. The molecule has 0 saturated carbocycles. The molecule has 0 aliphatic heterocycles. The highest BCUT2D eigenvalue weighted by Gasteiger charge is 2.12. The first kappa shape index (κ1) is 16.2. The van der Waals surface area contributed by atoms with Crippen molar-refractivity contribution in [2.75, 3.05) is 6.61 Å². The lowest BCUT2D eigenvalue weighted by molar-refractivity contribution is 0.0526. The number of rotatable bonds is 7. The molecule has 5 nitrogen and oxygen atoms in total. The Morgan fingerprint density at radius 3 is 2.59 bits per heavy atom. The molecule has 0 amide bonds. The van der Waals surface area contributed by atoms with Crippen LogP contribution in [0.25, 0.3) is 5.69 Å². The van der Waals surface area contributed by atoms with Crippen molar-refractivity contribution < 1.29 is 14.6 Å². The van der Waals surface area contributed by atoms with Crippen molar-refractivity contribution in [1.29, 1.82) is 0 Å². The number of aromatic nitrogens is 2. The fourth-order valence-electron chi connectivity index (χ4n) is 2.33. The van der Waals surface area contributed by atoms with E-state index in [1.807, 2.05) is 16.7 Å². The third-order valence-electron chi connectivity index (χ3n) is 3.46. The van der Waals surface area contributed by atoms with Crippen molar-refractivity contribution >= 4 is 5.97 Å². The van der Waals surface area contributed by atoms with Crippen LogP contribution >= 0.6 is 0 Å². The lowest BCUT2D eigenvalue weighted by Crippen LogP contribution is -2.07. The molecule has 0 atom stereocenters. The molecule has 0 saturated heterocycles. The van der Waals surface area contributed by atoms with Crippen molar-refractivity contribution in [2.45, 2.75) is 39.7 Å². The minimum absolute atomic E-state index is 0.0707. The Hall–Kier alpha value is -2.14. The average Bonchev–Trinajstić information content (AvgIpc) is 2.96. The number of aliphatic hydroxyl groups is 1. The number of nitrogens with zero attached hydrogens (tertiary/aromatic N) is 2. The number of unbranched alkanes of at least 4 members (excludes halogenated alkanes) is 1. The fraction of sp³-hybridized carbons (Fsp3) is 0.412. The molecule has 0 radical (unpaired) electrons. The van der Waals surface area contributed by atoms with E-state index in [4.69, 9.17) is 4.74 Å². The highest BCUT2D eigenvalue weighted by atomic mass is 16.5. The Kier molecular flexibility index (Phi) is 5.72. The molecular formula is C17H22N2O3. The van der Waals surface area contributed by atoms with Crippen molar-refractivity contribution in [3.8, 4) is 5.69 Å². The van der Waals surface area contributed by atoms with Gasteiger partial charge >= 0.3 is 5.97 Å². The number of carbonyl (C=O) groups excluding carboxylic acids is 1. The molecule has 0 aliphatic rings. The van der Waals surface area contributed by atoms with Gasteiger partial charge in [0.25, 0.3) is 0 Å². The van der Waals surface area contributed by atoms with E-state index in [0.29, 0.717) is 12.2 Å². The van der Waals surface area contributed by atoms with Crippen LogP contribution in [-0.4, -0.2) is 27.2 Å². The van der Waals surface area contributed by atoms with Crippen LogP contribution < -0.4 is 0 Å². The molecule has 22 heavy (non-hydrogen) atoms. The molecule has 2 aromatic rings. The number of esters is 1. The molecular weight excluding hydrogens is 280 g/mol. The van der Waals surface area contributed by atoms with Crippen LogP contribution in [-0.2, 0) is 17.8 Å². The molecule has 118 valence electrons. The first-order valence-electron chi connectivity index (χ1n) is 7.65. The van der Waals surface area contributed by atoms with E-state index in [2.05, 4.69) is 11.9 Å². The number of benzene rings is 1. The molecule has 1 heterocycles. The maximum Gasteiger partial charge on any atom is 0.338 e. The Morgan fingerprint density at radius 1 is 1.27 bits per heavy atom. The summed E-state index contributed by atoms with van der Waals surface area (Å²) in [6.45, 7) is 4.20. The first-order valence-corrected chi connectivity index (χ1v) is 7.65. The lowest BCUT2D eigenvalue weighted by Gasteiger charge is -2.11. The number of hydrogen-bond acceptors (Lipinski definition) is 4. The number of aliphatic hydroxyl groups excluding tert-OH is 1. The standard InChI is InChI=1S/C17H22N2O3/c1-3-5-6-16-18-11-15(12-20)19(16)14-9-7-13(8-10-14)17(21)22-4-2/h7-11,20H,3-6,12H2,1-2H3. The van der Waals surface area contributed by atoms with Crippen molar-refractivity contribution in [3.05, 3.63) is 47.5 Å². The first-order chi connectivity index (χ1) is 10.7. The number of aryl methyl sites for hydroxylation is 1. The van der Waals surface area contributed by atoms with Gasteiger partial charge in [0.05, 0.1) is 30.7 Å². The SMILES string of the molecule is CCCCc1ncc(CO)n1-c1ccc(C(=O)OCC)cc1. The monoisotopic (exact) mass is 302 g/mol. The van der Waals surface area contributed by atoms with Gasteiger partial charge in [-0.2, -0.15) is 0 Å². The normalized spacial score (nSPS) is 10.7. The summed E-state index contributed by atoms with van der Waals surface area (Å²) in [5, 5.41) is 9.50. The predicted octanol–water partition coefficient (Wildman–Crippen LogP) is 2.88. The quantitative estimate of drug-likeness (QED) is 0.799. The van der Waals surface area contributed by atoms with Crippen LogP contribution in [0.15, 0.2) is 30.5 Å². The number of imidazole rings is 1. The Balaban J connectivity index is 2.30. The van der Waals surface area contributed by atoms with Crippen LogP contribution in [0.2, 0.25) is 0 Å². The maximum atomic E-state index is 11.7. The van der Waals surface area contributed by atoms with Gasteiger partial charge in [-0.15, -0.1) is 0 Å². The number of hydrogen-bond donors (Lipinski definition) is 1. The minimum atomic E-state index is -0.326. The summed E-state index contributed by atoms with van der Waals surface area (Å²) in [4.78, 5) is 16.1. The van der Waals surface area contributed by atoms with Crippen molar-refractivity contribution in [1.82, 2.24) is 9.55 Å². The second-order valence-electron chi connectivity index (χ2n) is 5.03. The van der Waals surface area contributed by atoms with Crippen LogP contribution in [0.3, 0.4) is 0 Å². The van der Waals surface area contributed by atoms with E-state index in [-0.39, 0.29) is 12.6 Å². The molecule has 0 bridgehead atoms. The van der Waals surface area contributed by atoms with Gasteiger partial charge in [-0.25, -0.2) is 9.78 Å². The molecule has 0 aliphatic carbocycles. The lowest BCUT2D eigenvalue weighted by atomic mass is 10.2. The van der Waals surface area contributed by atoms with Crippen LogP contribution in [0.4, 0.5) is 0 Å². The average molecular weight is 302 g/mol. The molecule has 0 spiro atoms. The van der Waals surface area contributed by atoms with Crippen LogP contribution in [0.1, 0.15) is 48.6 Å². The molecule has 1 N–H and O–H groups in total. The largest absolute Gasteiger partial charge is 0.462 e. The summed E-state index contributed by atoms with van der Waals surface area (Å²) in [5.41, 5.74) is 2.15. The van der Waals surface area contributed by atoms with E-state index in [1.165, 1.54) is 0 Å². The van der Waals surface area contributed by atoms with Gasteiger partial charge in [0.15, 0.2) is 0 Å². The molecule has 2 rings (SSSR count). The Morgan fingerprint density at radius 2 is 2.00 bits per heavy atom. The summed E-state index contributed by atoms with van der Waals surface area (Å²) in [5.74, 6) is 0.600. The zero-order valence-electron chi connectivity index (χ0n) is 13.1. The summed E-state index contributed by atoms with van der Waals surface area (Å²) in [6, 6.07) is 7.17. The van der Waals surface area contributed by atoms with Gasteiger partial charge in [-0.1, -0.05) is 13.3 Å². The second kappa shape index (κ2) is 7.75. The summed E-state index contributed by atoms with van der Waals surface area (Å²) in [6.07, 6.45) is 4.69. The maximum absolute atomic E-state index is 11.7. The van der Waals surface area contributed by atoms with Crippen molar-refractivity contribution in [3.63, 3.8) is 0 Å². The minimum Gasteiger partial charge on any atom is -0.462 e. The predicted molar refractivity (Wildman–Crippen MR) is 84.1 cm³/mol. The van der Waals surface area contributed by atoms with E-state index < -0.39 is 0 Å². The zero-order valence-corrected chi connectivity index (χ0v) is 13.1. The van der Waals surface area contributed by atoms with Gasteiger partial charge in [0.2, 0.25) is 0 Å². The Labute approximate surface area is 130 Å². The molecule has 0 unspecified atom stereocenters. The summed E-state index contributed by atoms with van der Waals surface area (Å²) >= 11 is 0. The third kappa shape index (κ3) is 3.54. The fourth-order valence-corrected chi connectivity index (χ4v) is 2.33. The van der Waals surface area contributed by atoms with Crippen LogP contribution in [0, 0.1) is 0 Å². The molecule has 1 aromatic heterocycles.